The second-order valence-electron chi connectivity index (χ2n) is 2.84. The van der Waals surface area contributed by atoms with Crippen molar-refractivity contribution in [1.29, 1.82) is 0 Å². The van der Waals surface area contributed by atoms with Crippen LogP contribution >= 0.6 is 0 Å². The van der Waals surface area contributed by atoms with E-state index in [1.807, 2.05) is 20.8 Å². The van der Waals surface area contributed by atoms with Gasteiger partial charge in [0.05, 0.1) is 11.8 Å². The van der Waals surface area contributed by atoms with Crippen molar-refractivity contribution in [3.63, 3.8) is 0 Å². The molecule has 0 bridgehead atoms. The Morgan fingerprint density at radius 3 is 2.67 bits per heavy atom. The van der Waals surface area contributed by atoms with E-state index in [0.29, 0.717) is 11.6 Å². The summed E-state index contributed by atoms with van der Waals surface area (Å²) < 4.78 is 5.35. The molecule has 0 fully saturated rings. The molecule has 0 aliphatic heterocycles. The third kappa shape index (κ3) is 1.84. The first-order valence-corrected chi connectivity index (χ1v) is 3.85. The molecule has 0 aliphatic carbocycles. The van der Waals surface area contributed by atoms with Gasteiger partial charge in [-0.15, -0.1) is 0 Å². The molecule has 0 aromatic carbocycles. The Kier molecular flexibility index (Phi) is 2.47. The third-order valence-corrected chi connectivity index (χ3v) is 1.39. The largest absolute Gasteiger partial charge is 0.473 e. The Bertz CT molecular complexity index is 273. The fourth-order valence-corrected chi connectivity index (χ4v) is 0.779. The normalized spacial score (nSPS) is 10.3. The Morgan fingerprint density at radius 1 is 1.42 bits per heavy atom. The number of nitrogens with two attached hydrogens (primary N) is 1. The zero-order valence-electron chi connectivity index (χ0n) is 7.53. The maximum atomic E-state index is 5.68. The molecule has 0 unspecified atom stereocenters. The van der Waals surface area contributed by atoms with Gasteiger partial charge < -0.3 is 10.5 Å². The second-order valence-corrected chi connectivity index (χ2v) is 2.84. The van der Waals surface area contributed by atoms with E-state index in [4.69, 9.17) is 10.5 Å². The van der Waals surface area contributed by atoms with Crippen LogP contribution in [0.4, 0.5) is 5.69 Å². The number of anilines is 1. The summed E-state index contributed by atoms with van der Waals surface area (Å²) in [5.41, 5.74) is 6.95. The van der Waals surface area contributed by atoms with Crippen molar-refractivity contribution in [3.05, 3.63) is 12.0 Å². The van der Waals surface area contributed by atoms with E-state index in [-0.39, 0.29) is 6.10 Å². The van der Waals surface area contributed by atoms with E-state index in [1.165, 1.54) is 6.33 Å². The smallest absolute Gasteiger partial charge is 0.240 e. The summed E-state index contributed by atoms with van der Waals surface area (Å²) in [4.78, 5) is 7.85. The van der Waals surface area contributed by atoms with Gasteiger partial charge in [-0.05, 0) is 20.8 Å². The monoisotopic (exact) mass is 167 g/mol. The molecule has 0 saturated heterocycles. The highest BCUT2D eigenvalue weighted by molar-refractivity contribution is 5.50. The molecule has 66 valence electrons. The molecule has 0 spiro atoms. The van der Waals surface area contributed by atoms with Gasteiger partial charge in [0, 0.05) is 0 Å². The summed E-state index contributed by atoms with van der Waals surface area (Å²) in [6.45, 7) is 5.68. The fourth-order valence-electron chi connectivity index (χ4n) is 0.779. The van der Waals surface area contributed by atoms with Crippen LogP contribution in [0, 0.1) is 6.92 Å². The maximum Gasteiger partial charge on any atom is 0.240 e. The lowest BCUT2D eigenvalue weighted by molar-refractivity contribution is 0.233. The van der Waals surface area contributed by atoms with E-state index in [2.05, 4.69) is 9.97 Å². The summed E-state index contributed by atoms with van der Waals surface area (Å²) in [6.07, 6.45) is 1.53. The summed E-state index contributed by atoms with van der Waals surface area (Å²) in [6, 6.07) is 0. The molecule has 1 rings (SSSR count). The molecule has 0 amide bonds. The van der Waals surface area contributed by atoms with Crippen LogP contribution in [-0.4, -0.2) is 16.1 Å². The quantitative estimate of drug-likeness (QED) is 0.717. The summed E-state index contributed by atoms with van der Waals surface area (Å²) >= 11 is 0. The van der Waals surface area contributed by atoms with Crippen LogP contribution in [0.2, 0.25) is 0 Å². The van der Waals surface area contributed by atoms with Gasteiger partial charge in [0.1, 0.15) is 12.0 Å². The fraction of sp³-hybridized carbons (Fsp3) is 0.500. The zero-order valence-corrected chi connectivity index (χ0v) is 7.53. The van der Waals surface area contributed by atoms with E-state index in [0.717, 1.165) is 5.69 Å². The molecular formula is C8H13N3O. The number of aryl methyl sites for hydroxylation is 1. The second kappa shape index (κ2) is 3.38. The molecule has 0 atom stereocenters. The molecule has 4 nitrogen and oxygen atoms in total. The van der Waals surface area contributed by atoms with Gasteiger partial charge in [-0.2, -0.15) is 4.98 Å². The lowest BCUT2D eigenvalue weighted by atomic mass is 10.3. The van der Waals surface area contributed by atoms with Crippen molar-refractivity contribution in [2.75, 3.05) is 5.73 Å². The van der Waals surface area contributed by atoms with Crippen LogP contribution in [0.5, 0.6) is 5.88 Å². The highest BCUT2D eigenvalue weighted by Crippen LogP contribution is 2.19. The summed E-state index contributed by atoms with van der Waals surface area (Å²) in [5.74, 6) is 0.470. The molecule has 4 heteroatoms. The van der Waals surface area contributed by atoms with Crippen molar-refractivity contribution in [1.82, 2.24) is 9.97 Å². The zero-order chi connectivity index (χ0) is 9.14. The molecule has 1 aromatic rings. The van der Waals surface area contributed by atoms with Gasteiger partial charge in [-0.25, -0.2) is 4.98 Å². The number of aromatic nitrogens is 2. The van der Waals surface area contributed by atoms with Gasteiger partial charge in [-0.3, -0.25) is 0 Å². The number of hydrogen-bond donors (Lipinski definition) is 1. The molecule has 1 heterocycles. The van der Waals surface area contributed by atoms with Gasteiger partial charge in [0.2, 0.25) is 5.88 Å². The van der Waals surface area contributed by atoms with Crippen molar-refractivity contribution >= 4 is 5.69 Å². The number of hydrogen-bond acceptors (Lipinski definition) is 4. The van der Waals surface area contributed by atoms with Crippen LogP contribution in [-0.2, 0) is 0 Å². The Balaban J connectivity index is 2.92. The molecule has 0 radical (unpaired) electrons. The predicted octanol–water partition coefficient (Wildman–Crippen LogP) is 1.15. The number of nitrogen functional groups attached to an aromatic ring is 1. The molecule has 0 saturated carbocycles. The first-order valence-electron chi connectivity index (χ1n) is 3.85. The van der Waals surface area contributed by atoms with E-state index in [9.17, 15) is 0 Å². The van der Waals surface area contributed by atoms with Gasteiger partial charge >= 0.3 is 0 Å². The Morgan fingerprint density at radius 2 is 2.08 bits per heavy atom. The van der Waals surface area contributed by atoms with Crippen LogP contribution in [0.15, 0.2) is 6.33 Å². The third-order valence-electron chi connectivity index (χ3n) is 1.39. The minimum atomic E-state index is 0.0848. The highest BCUT2D eigenvalue weighted by atomic mass is 16.5. The summed E-state index contributed by atoms with van der Waals surface area (Å²) in [5, 5.41) is 0. The Labute approximate surface area is 71.8 Å². The predicted molar refractivity (Wildman–Crippen MR) is 46.9 cm³/mol. The lowest BCUT2D eigenvalue weighted by Crippen LogP contribution is -2.10. The topological polar surface area (TPSA) is 61.0 Å². The van der Waals surface area contributed by atoms with E-state index < -0.39 is 0 Å². The summed E-state index contributed by atoms with van der Waals surface area (Å²) in [7, 11) is 0. The van der Waals surface area contributed by atoms with Gasteiger partial charge in [-0.1, -0.05) is 0 Å². The van der Waals surface area contributed by atoms with Gasteiger partial charge in [0.25, 0.3) is 0 Å². The minimum absolute atomic E-state index is 0.0848. The van der Waals surface area contributed by atoms with E-state index >= 15 is 0 Å². The molecule has 2 N–H and O–H groups in total. The minimum Gasteiger partial charge on any atom is -0.473 e. The van der Waals surface area contributed by atoms with Crippen molar-refractivity contribution in [2.24, 2.45) is 0 Å². The van der Waals surface area contributed by atoms with Crippen LogP contribution in [0.1, 0.15) is 19.5 Å². The SMILES string of the molecule is Cc1ncnc(OC(C)C)c1N. The lowest BCUT2D eigenvalue weighted by Gasteiger charge is -2.10. The van der Waals surface area contributed by atoms with Crippen molar-refractivity contribution < 1.29 is 4.74 Å². The van der Waals surface area contributed by atoms with Gasteiger partial charge in [0.15, 0.2) is 0 Å². The van der Waals surface area contributed by atoms with Crippen LogP contribution in [0.3, 0.4) is 0 Å². The molecule has 0 aliphatic rings. The molecular weight excluding hydrogens is 154 g/mol. The van der Waals surface area contributed by atoms with Crippen LogP contribution in [0.25, 0.3) is 0 Å². The first-order chi connectivity index (χ1) is 5.61. The standard InChI is InChI=1S/C8H13N3O/c1-5(2)12-8-7(9)6(3)10-4-11-8/h4-5H,9H2,1-3H3. The van der Waals surface area contributed by atoms with Crippen molar-refractivity contribution in [3.8, 4) is 5.88 Å². The number of rotatable bonds is 2. The average molecular weight is 167 g/mol. The van der Waals surface area contributed by atoms with Crippen molar-refractivity contribution in [2.45, 2.75) is 26.9 Å². The van der Waals surface area contributed by atoms with E-state index in [1.54, 1.807) is 0 Å². The number of nitrogens with zero attached hydrogens (tertiary/aromatic N) is 2. The first kappa shape index (κ1) is 8.77. The average Bonchev–Trinajstić information content (AvgIpc) is 1.98. The maximum absolute atomic E-state index is 5.68. The Hall–Kier alpha value is -1.32. The highest BCUT2D eigenvalue weighted by Gasteiger charge is 2.06. The van der Waals surface area contributed by atoms with Crippen LogP contribution < -0.4 is 10.5 Å². The molecule has 1 aromatic heterocycles. The molecule has 12 heavy (non-hydrogen) atoms. The number of ether oxygens (including phenoxy) is 1.